The predicted molar refractivity (Wildman–Crippen MR) is 87.7 cm³/mol. The van der Waals surface area contributed by atoms with Crippen LogP contribution < -0.4 is 10.1 Å². The van der Waals surface area contributed by atoms with Gasteiger partial charge in [0.25, 0.3) is 0 Å². The van der Waals surface area contributed by atoms with Crippen LogP contribution in [0.4, 0.5) is 5.95 Å². The Hall–Kier alpha value is -2.80. The molecule has 23 heavy (non-hydrogen) atoms. The Bertz CT molecular complexity index is 787. The molecule has 0 aliphatic carbocycles. The van der Waals surface area contributed by atoms with E-state index >= 15 is 0 Å². The van der Waals surface area contributed by atoms with Crippen LogP contribution in [0.1, 0.15) is 10.6 Å². The normalized spacial score (nSPS) is 10.3. The molecule has 2 aromatic heterocycles. The van der Waals surface area contributed by atoms with E-state index in [2.05, 4.69) is 20.3 Å². The standard InChI is InChI=1S/C16H14N4O2S/c1-11-14(23-10-19-11)7-15(21)20-16-17-8-13(9-18-16)22-12-5-3-2-4-6-12/h2-6,8-10H,7H2,1H3,(H,17,18,20,21). The molecule has 0 atom stereocenters. The molecule has 0 aliphatic rings. The van der Waals surface area contributed by atoms with Crippen LogP contribution in [-0.4, -0.2) is 20.9 Å². The summed E-state index contributed by atoms with van der Waals surface area (Å²) < 4.78 is 5.59. The molecule has 3 rings (SSSR count). The van der Waals surface area contributed by atoms with E-state index in [4.69, 9.17) is 4.74 Å². The van der Waals surface area contributed by atoms with Crippen molar-refractivity contribution in [1.29, 1.82) is 0 Å². The van der Waals surface area contributed by atoms with Gasteiger partial charge in [-0.3, -0.25) is 10.1 Å². The molecule has 0 spiro atoms. The van der Waals surface area contributed by atoms with E-state index in [-0.39, 0.29) is 18.3 Å². The molecule has 0 unspecified atom stereocenters. The minimum absolute atomic E-state index is 0.172. The third-order valence-corrected chi connectivity index (χ3v) is 3.96. The summed E-state index contributed by atoms with van der Waals surface area (Å²) in [6.45, 7) is 1.88. The van der Waals surface area contributed by atoms with Crippen molar-refractivity contribution < 1.29 is 9.53 Å². The number of ether oxygens (including phenoxy) is 1. The van der Waals surface area contributed by atoms with Crippen molar-refractivity contribution in [3.63, 3.8) is 0 Å². The van der Waals surface area contributed by atoms with Crippen LogP contribution in [0.25, 0.3) is 0 Å². The molecule has 1 aromatic carbocycles. The fraction of sp³-hybridized carbons (Fsp3) is 0.125. The summed E-state index contributed by atoms with van der Waals surface area (Å²) in [5.41, 5.74) is 2.60. The summed E-state index contributed by atoms with van der Waals surface area (Å²) >= 11 is 1.46. The minimum Gasteiger partial charge on any atom is -0.454 e. The van der Waals surface area contributed by atoms with Crippen molar-refractivity contribution in [1.82, 2.24) is 15.0 Å². The van der Waals surface area contributed by atoms with Crippen LogP contribution in [0.3, 0.4) is 0 Å². The SMILES string of the molecule is Cc1ncsc1CC(=O)Nc1ncc(Oc2ccccc2)cn1. The Morgan fingerprint density at radius 3 is 2.52 bits per heavy atom. The smallest absolute Gasteiger partial charge is 0.232 e. The lowest BCUT2D eigenvalue weighted by Crippen LogP contribution is -2.16. The number of para-hydroxylation sites is 1. The highest BCUT2D eigenvalue weighted by molar-refractivity contribution is 7.09. The molecule has 0 radical (unpaired) electrons. The Kier molecular flexibility index (Phi) is 4.58. The van der Waals surface area contributed by atoms with Gasteiger partial charge in [0, 0.05) is 4.88 Å². The number of carbonyl (C=O) groups is 1. The number of nitrogens with zero attached hydrogens (tertiary/aromatic N) is 3. The molecule has 3 aromatic rings. The number of thiazole rings is 1. The van der Waals surface area contributed by atoms with Gasteiger partial charge in [0.15, 0.2) is 5.75 Å². The van der Waals surface area contributed by atoms with Crippen LogP contribution >= 0.6 is 11.3 Å². The zero-order chi connectivity index (χ0) is 16.1. The molecule has 0 saturated carbocycles. The van der Waals surface area contributed by atoms with Crippen molar-refractivity contribution in [2.45, 2.75) is 13.3 Å². The largest absolute Gasteiger partial charge is 0.454 e. The lowest BCUT2D eigenvalue weighted by atomic mass is 10.3. The lowest BCUT2D eigenvalue weighted by Gasteiger charge is -2.06. The number of hydrogen-bond acceptors (Lipinski definition) is 6. The van der Waals surface area contributed by atoms with Crippen molar-refractivity contribution >= 4 is 23.2 Å². The average molecular weight is 326 g/mol. The lowest BCUT2D eigenvalue weighted by molar-refractivity contribution is -0.115. The molecule has 116 valence electrons. The third kappa shape index (κ3) is 4.10. The van der Waals surface area contributed by atoms with Gasteiger partial charge in [-0.05, 0) is 19.1 Å². The number of benzene rings is 1. The highest BCUT2D eigenvalue weighted by atomic mass is 32.1. The van der Waals surface area contributed by atoms with Crippen molar-refractivity contribution in [2.75, 3.05) is 5.32 Å². The molecular formula is C16H14N4O2S. The summed E-state index contributed by atoms with van der Waals surface area (Å²) in [7, 11) is 0. The number of rotatable bonds is 5. The number of amides is 1. The maximum absolute atomic E-state index is 12.0. The molecule has 0 bridgehead atoms. The summed E-state index contributed by atoms with van der Waals surface area (Å²) in [5, 5.41) is 2.66. The first kappa shape index (κ1) is 15.1. The van der Waals surface area contributed by atoms with Crippen LogP contribution in [-0.2, 0) is 11.2 Å². The van der Waals surface area contributed by atoms with Crippen LogP contribution in [0.5, 0.6) is 11.5 Å². The van der Waals surface area contributed by atoms with E-state index in [1.54, 1.807) is 5.51 Å². The highest BCUT2D eigenvalue weighted by Gasteiger charge is 2.10. The first-order valence-electron chi connectivity index (χ1n) is 6.94. The zero-order valence-corrected chi connectivity index (χ0v) is 13.2. The van der Waals surface area contributed by atoms with Crippen LogP contribution in [0.2, 0.25) is 0 Å². The molecule has 0 saturated heterocycles. The van der Waals surface area contributed by atoms with E-state index in [0.29, 0.717) is 11.5 Å². The van der Waals surface area contributed by atoms with Gasteiger partial charge in [0.05, 0.1) is 30.0 Å². The molecule has 6 nitrogen and oxygen atoms in total. The topological polar surface area (TPSA) is 77.0 Å². The number of anilines is 1. The van der Waals surface area contributed by atoms with E-state index in [1.807, 2.05) is 37.3 Å². The summed E-state index contributed by atoms with van der Waals surface area (Å²) in [4.78, 5) is 25.2. The van der Waals surface area contributed by atoms with Gasteiger partial charge in [-0.2, -0.15) is 0 Å². The van der Waals surface area contributed by atoms with E-state index in [1.165, 1.54) is 23.7 Å². The van der Waals surface area contributed by atoms with Gasteiger partial charge in [0.2, 0.25) is 11.9 Å². The Morgan fingerprint density at radius 2 is 1.87 bits per heavy atom. The van der Waals surface area contributed by atoms with Crippen molar-refractivity contribution in [3.8, 4) is 11.5 Å². The van der Waals surface area contributed by atoms with Gasteiger partial charge in [-0.15, -0.1) is 11.3 Å². The molecule has 7 heteroatoms. The summed E-state index contributed by atoms with van der Waals surface area (Å²) in [6, 6.07) is 9.35. The zero-order valence-electron chi connectivity index (χ0n) is 12.4. The van der Waals surface area contributed by atoms with Crippen molar-refractivity contribution in [2.24, 2.45) is 0 Å². The Morgan fingerprint density at radius 1 is 1.13 bits per heavy atom. The molecule has 0 fully saturated rings. The number of nitrogens with one attached hydrogen (secondary N) is 1. The second-order valence-electron chi connectivity index (χ2n) is 4.74. The second kappa shape index (κ2) is 6.97. The molecule has 2 heterocycles. The number of aromatic nitrogens is 3. The Balaban J connectivity index is 1.59. The monoisotopic (exact) mass is 326 g/mol. The fourth-order valence-electron chi connectivity index (χ4n) is 1.87. The van der Waals surface area contributed by atoms with Gasteiger partial charge in [0.1, 0.15) is 5.75 Å². The summed E-state index contributed by atoms with van der Waals surface area (Å²) in [6.07, 6.45) is 3.31. The van der Waals surface area contributed by atoms with E-state index in [9.17, 15) is 4.79 Å². The van der Waals surface area contributed by atoms with Gasteiger partial charge < -0.3 is 4.74 Å². The van der Waals surface area contributed by atoms with Gasteiger partial charge >= 0.3 is 0 Å². The van der Waals surface area contributed by atoms with Gasteiger partial charge in [-0.25, -0.2) is 15.0 Å². The van der Waals surface area contributed by atoms with Gasteiger partial charge in [-0.1, -0.05) is 18.2 Å². The third-order valence-electron chi connectivity index (χ3n) is 3.02. The molecule has 0 aliphatic heterocycles. The van der Waals surface area contributed by atoms with Crippen molar-refractivity contribution in [3.05, 3.63) is 58.8 Å². The number of carbonyl (C=O) groups excluding carboxylic acids is 1. The molecular weight excluding hydrogens is 312 g/mol. The first-order chi connectivity index (χ1) is 11.2. The number of aryl methyl sites for hydroxylation is 1. The maximum atomic E-state index is 12.0. The summed E-state index contributed by atoms with van der Waals surface area (Å²) in [5.74, 6) is 1.28. The van der Waals surface area contributed by atoms with Crippen LogP contribution in [0, 0.1) is 6.92 Å². The predicted octanol–water partition coefficient (Wildman–Crippen LogP) is 3.22. The maximum Gasteiger partial charge on any atom is 0.232 e. The number of hydrogen-bond donors (Lipinski definition) is 1. The average Bonchev–Trinajstić information content (AvgIpc) is 2.95. The Labute approximate surface area is 137 Å². The van der Waals surface area contributed by atoms with E-state index < -0.39 is 0 Å². The van der Waals surface area contributed by atoms with E-state index in [0.717, 1.165) is 10.6 Å². The fourth-order valence-corrected chi connectivity index (χ4v) is 2.64. The van der Waals surface area contributed by atoms with Crippen LogP contribution in [0.15, 0.2) is 48.2 Å². The first-order valence-corrected chi connectivity index (χ1v) is 7.82. The minimum atomic E-state index is -0.172. The molecule has 1 N–H and O–H groups in total. The quantitative estimate of drug-likeness (QED) is 0.779. The molecule has 1 amide bonds. The second-order valence-corrected chi connectivity index (χ2v) is 5.68. The highest BCUT2D eigenvalue weighted by Crippen LogP contribution is 2.19.